The fourth-order valence-corrected chi connectivity index (χ4v) is 1.45. The Balaban J connectivity index is 3.32. The summed E-state index contributed by atoms with van der Waals surface area (Å²) in [5, 5.41) is 0. The van der Waals surface area contributed by atoms with E-state index in [0.29, 0.717) is 10.0 Å². The molecular formula is C8H8BrNO3. The molecule has 0 saturated heterocycles. The number of hydrogen-bond acceptors (Lipinski definition) is 3. The highest BCUT2D eigenvalue weighted by atomic mass is 79.9. The van der Waals surface area contributed by atoms with E-state index in [2.05, 4.69) is 25.7 Å². The average Bonchev–Trinajstić information content (AvgIpc) is 2.10. The molecule has 0 amide bonds. The molecule has 0 aliphatic carbocycles. The van der Waals surface area contributed by atoms with Crippen molar-refractivity contribution in [3.05, 3.63) is 32.2 Å². The molecule has 0 fully saturated rings. The summed E-state index contributed by atoms with van der Waals surface area (Å²) < 4.78 is 5.00. The first kappa shape index (κ1) is 9.98. The SMILES string of the molecule is COC(=O)c1[nH]c(=O)c(C)cc1Br. The number of aromatic nitrogens is 1. The molecule has 70 valence electrons. The van der Waals surface area contributed by atoms with Gasteiger partial charge in [-0.1, -0.05) is 0 Å². The van der Waals surface area contributed by atoms with Crippen LogP contribution in [0.25, 0.3) is 0 Å². The zero-order valence-electron chi connectivity index (χ0n) is 7.18. The molecule has 0 aliphatic rings. The predicted molar refractivity (Wildman–Crippen MR) is 50.8 cm³/mol. The summed E-state index contributed by atoms with van der Waals surface area (Å²) in [5.74, 6) is -0.566. The van der Waals surface area contributed by atoms with E-state index in [9.17, 15) is 9.59 Å². The van der Waals surface area contributed by atoms with Gasteiger partial charge in [0.15, 0.2) is 0 Å². The Bertz CT molecular complexity index is 397. The van der Waals surface area contributed by atoms with E-state index in [1.165, 1.54) is 7.11 Å². The van der Waals surface area contributed by atoms with Crippen molar-refractivity contribution < 1.29 is 9.53 Å². The van der Waals surface area contributed by atoms with E-state index < -0.39 is 5.97 Å². The Labute approximate surface area is 83.1 Å². The van der Waals surface area contributed by atoms with E-state index in [0.717, 1.165) is 0 Å². The molecule has 1 N–H and O–H groups in total. The van der Waals surface area contributed by atoms with Crippen molar-refractivity contribution in [1.29, 1.82) is 0 Å². The standard InChI is InChI=1S/C8H8BrNO3/c1-4-3-5(9)6(8(12)13-2)10-7(4)11/h3H,1-2H3,(H,10,11). The molecule has 1 aromatic heterocycles. The Morgan fingerprint density at radius 1 is 1.62 bits per heavy atom. The number of esters is 1. The molecule has 1 aromatic rings. The Morgan fingerprint density at radius 3 is 2.77 bits per heavy atom. The number of ether oxygens (including phenoxy) is 1. The molecule has 5 heteroatoms. The van der Waals surface area contributed by atoms with Gasteiger partial charge >= 0.3 is 5.97 Å². The van der Waals surface area contributed by atoms with Crippen LogP contribution in [0.4, 0.5) is 0 Å². The molecule has 0 spiro atoms. The third-order valence-electron chi connectivity index (χ3n) is 1.57. The number of carbonyl (C=O) groups is 1. The third-order valence-corrected chi connectivity index (χ3v) is 2.19. The first-order valence-corrected chi connectivity index (χ1v) is 4.33. The van der Waals surface area contributed by atoms with Gasteiger partial charge in [-0.05, 0) is 28.9 Å². The lowest BCUT2D eigenvalue weighted by Gasteiger charge is -2.02. The highest BCUT2D eigenvalue weighted by Gasteiger charge is 2.11. The Morgan fingerprint density at radius 2 is 2.23 bits per heavy atom. The smallest absolute Gasteiger partial charge is 0.355 e. The summed E-state index contributed by atoms with van der Waals surface area (Å²) in [6.07, 6.45) is 0. The molecule has 4 nitrogen and oxygen atoms in total. The minimum absolute atomic E-state index is 0.137. The van der Waals surface area contributed by atoms with Gasteiger partial charge in [0, 0.05) is 10.0 Å². The molecule has 0 unspecified atom stereocenters. The summed E-state index contributed by atoms with van der Waals surface area (Å²) in [4.78, 5) is 24.6. The number of hydrogen-bond donors (Lipinski definition) is 1. The second-order valence-electron chi connectivity index (χ2n) is 2.50. The normalized spacial score (nSPS) is 9.77. The van der Waals surface area contributed by atoms with Crippen molar-refractivity contribution >= 4 is 21.9 Å². The van der Waals surface area contributed by atoms with Crippen LogP contribution in [-0.2, 0) is 4.74 Å². The number of methoxy groups -OCH3 is 1. The van der Waals surface area contributed by atoms with Gasteiger partial charge < -0.3 is 9.72 Å². The number of nitrogens with one attached hydrogen (secondary N) is 1. The van der Waals surface area contributed by atoms with Crippen molar-refractivity contribution in [3.63, 3.8) is 0 Å². The van der Waals surface area contributed by atoms with Crippen LogP contribution >= 0.6 is 15.9 Å². The summed E-state index contributed by atoms with van der Waals surface area (Å²) in [5.41, 5.74) is 0.390. The molecule has 0 saturated carbocycles. The highest BCUT2D eigenvalue weighted by molar-refractivity contribution is 9.10. The number of carbonyl (C=O) groups excluding carboxylic acids is 1. The number of aromatic amines is 1. The van der Waals surface area contributed by atoms with Crippen LogP contribution in [-0.4, -0.2) is 18.1 Å². The second kappa shape index (κ2) is 3.74. The fraction of sp³-hybridized carbons (Fsp3) is 0.250. The van der Waals surface area contributed by atoms with Crippen molar-refractivity contribution in [2.24, 2.45) is 0 Å². The van der Waals surface area contributed by atoms with Crippen LogP contribution in [0.2, 0.25) is 0 Å². The lowest BCUT2D eigenvalue weighted by Crippen LogP contribution is -2.16. The quantitative estimate of drug-likeness (QED) is 0.758. The monoisotopic (exact) mass is 245 g/mol. The summed E-state index contributed by atoms with van der Waals surface area (Å²) in [6, 6.07) is 1.57. The van der Waals surface area contributed by atoms with Gasteiger partial charge in [-0.15, -0.1) is 0 Å². The number of halogens is 1. The van der Waals surface area contributed by atoms with E-state index >= 15 is 0 Å². The number of aryl methyl sites for hydroxylation is 1. The number of rotatable bonds is 1. The van der Waals surface area contributed by atoms with Gasteiger partial charge in [0.2, 0.25) is 0 Å². The highest BCUT2D eigenvalue weighted by Crippen LogP contribution is 2.14. The van der Waals surface area contributed by atoms with Crippen LogP contribution < -0.4 is 5.56 Å². The maximum absolute atomic E-state index is 11.1. The first-order chi connectivity index (χ1) is 6.06. The molecule has 0 aromatic carbocycles. The van der Waals surface area contributed by atoms with E-state index in [-0.39, 0.29) is 11.3 Å². The second-order valence-corrected chi connectivity index (χ2v) is 3.35. The van der Waals surface area contributed by atoms with Crippen molar-refractivity contribution in [3.8, 4) is 0 Å². The van der Waals surface area contributed by atoms with Crippen LogP contribution in [0, 0.1) is 6.92 Å². The van der Waals surface area contributed by atoms with Gasteiger partial charge in [-0.2, -0.15) is 0 Å². The fourth-order valence-electron chi connectivity index (χ4n) is 0.850. The zero-order chi connectivity index (χ0) is 10.0. The molecule has 0 aliphatic heterocycles. The Hall–Kier alpha value is -1.10. The molecule has 13 heavy (non-hydrogen) atoms. The molecule has 0 atom stereocenters. The van der Waals surface area contributed by atoms with Gasteiger partial charge in [-0.3, -0.25) is 4.79 Å². The lowest BCUT2D eigenvalue weighted by atomic mass is 10.3. The first-order valence-electron chi connectivity index (χ1n) is 3.54. The molecule has 1 heterocycles. The van der Waals surface area contributed by atoms with Crippen LogP contribution in [0.15, 0.2) is 15.3 Å². The number of H-pyrrole nitrogens is 1. The molecule has 0 bridgehead atoms. The van der Waals surface area contributed by atoms with Gasteiger partial charge in [-0.25, -0.2) is 4.79 Å². The van der Waals surface area contributed by atoms with Crippen molar-refractivity contribution in [1.82, 2.24) is 4.98 Å². The van der Waals surface area contributed by atoms with E-state index in [4.69, 9.17) is 0 Å². The van der Waals surface area contributed by atoms with E-state index in [1.54, 1.807) is 13.0 Å². The number of pyridine rings is 1. The lowest BCUT2D eigenvalue weighted by molar-refractivity contribution is 0.0592. The van der Waals surface area contributed by atoms with Crippen molar-refractivity contribution in [2.75, 3.05) is 7.11 Å². The topological polar surface area (TPSA) is 59.2 Å². The van der Waals surface area contributed by atoms with Crippen LogP contribution in [0.1, 0.15) is 16.1 Å². The van der Waals surface area contributed by atoms with Crippen molar-refractivity contribution in [2.45, 2.75) is 6.92 Å². The van der Waals surface area contributed by atoms with Crippen LogP contribution in [0.5, 0.6) is 0 Å². The minimum Gasteiger partial charge on any atom is -0.464 e. The zero-order valence-corrected chi connectivity index (χ0v) is 8.77. The average molecular weight is 246 g/mol. The molecule has 0 radical (unpaired) electrons. The molecular weight excluding hydrogens is 238 g/mol. The summed E-state index contributed by atoms with van der Waals surface area (Å²) in [6.45, 7) is 1.66. The third kappa shape index (κ3) is 1.98. The Kier molecular flexibility index (Phi) is 2.87. The van der Waals surface area contributed by atoms with Gasteiger partial charge in [0.1, 0.15) is 5.69 Å². The van der Waals surface area contributed by atoms with Gasteiger partial charge in [0.25, 0.3) is 5.56 Å². The van der Waals surface area contributed by atoms with Gasteiger partial charge in [0.05, 0.1) is 7.11 Å². The minimum atomic E-state index is -0.566. The largest absolute Gasteiger partial charge is 0.464 e. The van der Waals surface area contributed by atoms with E-state index in [1.807, 2.05) is 0 Å². The molecule has 1 rings (SSSR count). The maximum Gasteiger partial charge on any atom is 0.355 e. The van der Waals surface area contributed by atoms with Crippen LogP contribution in [0.3, 0.4) is 0 Å². The summed E-state index contributed by atoms with van der Waals surface area (Å²) in [7, 11) is 1.26. The maximum atomic E-state index is 11.1. The summed E-state index contributed by atoms with van der Waals surface area (Å²) >= 11 is 3.15. The predicted octanol–water partition coefficient (Wildman–Crippen LogP) is 1.23.